The summed E-state index contributed by atoms with van der Waals surface area (Å²) in [6.07, 6.45) is 1.72. The highest BCUT2D eigenvalue weighted by Crippen LogP contribution is 2.31. The van der Waals surface area contributed by atoms with Crippen LogP contribution in [0, 0.1) is 0 Å². The second-order valence-electron chi connectivity index (χ2n) is 11.5. The number of carbonyl (C=O) groups is 6. The first-order valence-electron chi connectivity index (χ1n) is 13.9. The molecule has 19 nitrogen and oxygen atoms in total. The molecule has 0 radical (unpaired) electrons. The number of piperidine rings is 2. The van der Waals surface area contributed by atoms with Crippen molar-refractivity contribution in [3.8, 4) is 0 Å². The summed E-state index contributed by atoms with van der Waals surface area (Å²) in [7, 11) is 2.19. The van der Waals surface area contributed by atoms with Gasteiger partial charge in [-0.1, -0.05) is 0 Å². The first-order chi connectivity index (χ1) is 20.5. The lowest BCUT2D eigenvalue weighted by molar-refractivity contribution is -0.129. The van der Waals surface area contributed by atoms with Crippen LogP contribution in [0.15, 0.2) is 0 Å². The predicted octanol–water partition coefficient (Wildman–Crippen LogP) is -2.87. The number of amides is 6. The van der Waals surface area contributed by atoms with Crippen molar-refractivity contribution in [2.24, 2.45) is 0 Å². The molecule has 4 saturated heterocycles. The van der Waals surface area contributed by atoms with Crippen LogP contribution in [0.5, 0.6) is 0 Å². The van der Waals surface area contributed by atoms with Crippen molar-refractivity contribution in [3.05, 3.63) is 0 Å². The molecule has 4 atom stereocenters. The van der Waals surface area contributed by atoms with Crippen LogP contribution in [0.3, 0.4) is 0 Å². The van der Waals surface area contributed by atoms with E-state index in [1.807, 2.05) is 0 Å². The zero-order valence-corrected chi connectivity index (χ0v) is 25.9. The molecule has 4 N–H and O–H groups in total. The molecule has 6 amide bonds. The van der Waals surface area contributed by atoms with Crippen molar-refractivity contribution in [2.75, 3.05) is 67.5 Å². The summed E-state index contributed by atoms with van der Waals surface area (Å²) in [4.78, 5) is 77.2. The normalized spacial score (nSPS) is 24.5. The number of Topliss-reactive ketones (excluding diaryl/α,β-unsaturated/α-hetero) is 2. The van der Waals surface area contributed by atoms with Crippen molar-refractivity contribution in [1.29, 1.82) is 0 Å². The molecule has 44 heavy (non-hydrogen) atoms. The van der Waals surface area contributed by atoms with Crippen LogP contribution < -0.4 is 10.6 Å². The molecule has 248 valence electrons. The van der Waals surface area contributed by atoms with Gasteiger partial charge in [-0.15, -0.1) is 4.28 Å². The van der Waals surface area contributed by atoms with Crippen LogP contribution in [0.25, 0.3) is 0 Å². The first kappa shape index (κ1) is 35.1. The second-order valence-corrected chi connectivity index (χ2v) is 12.5. The Bertz CT molecular complexity index is 1250. The number of hydrogen-bond acceptors (Lipinski definition) is 12. The van der Waals surface area contributed by atoms with Gasteiger partial charge in [0.2, 0.25) is 11.8 Å². The third-order valence-corrected chi connectivity index (χ3v) is 7.70. The Balaban J connectivity index is 0.000000244. The Morgan fingerprint density at radius 3 is 1.68 bits per heavy atom. The number of ketones is 2. The van der Waals surface area contributed by atoms with E-state index < -0.39 is 46.5 Å². The molecule has 0 unspecified atom stereocenters. The fraction of sp³-hybridized carbons (Fsp3) is 0.750. The largest absolute Gasteiger partial charge is 0.418 e. The lowest BCUT2D eigenvalue weighted by Gasteiger charge is -2.29. The highest BCUT2D eigenvalue weighted by Gasteiger charge is 2.49. The van der Waals surface area contributed by atoms with Gasteiger partial charge >= 0.3 is 22.5 Å². The van der Waals surface area contributed by atoms with Gasteiger partial charge in [-0.25, -0.2) is 14.7 Å². The van der Waals surface area contributed by atoms with E-state index in [2.05, 4.69) is 14.9 Å². The number of likely N-dealkylation sites (N-methyl/N-ethyl adjacent to an activating group) is 2. The SMILES string of the molecule is CN(C)CC(=O)CNC(=O)[C@@H]1CC[C@@H]2CN1C(=O)N2O.CN(C)CC(=O)CNC(=O)[C@@H]1CC[C@@H]2CN1C(=O)N2OS(=O)(=O)O. The maximum absolute atomic E-state index is 12.2. The van der Waals surface area contributed by atoms with Gasteiger partial charge in [0.25, 0.3) is 0 Å². The molecule has 0 aromatic rings. The van der Waals surface area contributed by atoms with E-state index in [0.717, 1.165) is 0 Å². The van der Waals surface area contributed by atoms with Crippen LogP contribution in [0.2, 0.25) is 0 Å². The monoisotopic (exact) mass is 648 g/mol. The highest BCUT2D eigenvalue weighted by molar-refractivity contribution is 7.80. The minimum atomic E-state index is -4.82. The number of rotatable bonds is 12. The summed E-state index contributed by atoms with van der Waals surface area (Å²) in [6, 6.07) is -3.53. The summed E-state index contributed by atoms with van der Waals surface area (Å²) < 4.78 is 34.6. The molecular weight excluding hydrogens is 608 g/mol. The van der Waals surface area contributed by atoms with Crippen molar-refractivity contribution >= 4 is 45.8 Å². The van der Waals surface area contributed by atoms with E-state index in [1.54, 1.807) is 38.0 Å². The van der Waals surface area contributed by atoms with E-state index >= 15 is 0 Å². The van der Waals surface area contributed by atoms with Gasteiger partial charge in [-0.3, -0.25) is 28.9 Å². The van der Waals surface area contributed by atoms with Crippen LogP contribution in [0.1, 0.15) is 25.7 Å². The molecule has 4 aliphatic rings. The average Bonchev–Trinajstić information content (AvgIpc) is 3.29. The number of hydroxylamine groups is 4. The Morgan fingerprint density at radius 1 is 0.795 bits per heavy atom. The zero-order chi connectivity index (χ0) is 32.9. The van der Waals surface area contributed by atoms with Gasteiger partial charge in [0.1, 0.15) is 12.1 Å². The maximum Gasteiger partial charge on any atom is 0.418 e. The quantitative estimate of drug-likeness (QED) is 0.123. The first-order valence-corrected chi connectivity index (χ1v) is 15.3. The van der Waals surface area contributed by atoms with Gasteiger partial charge in [0.15, 0.2) is 11.6 Å². The summed E-state index contributed by atoms with van der Waals surface area (Å²) >= 11 is 0. The van der Waals surface area contributed by atoms with Crippen LogP contribution in [0.4, 0.5) is 9.59 Å². The summed E-state index contributed by atoms with van der Waals surface area (Å²) in [6.45, 7) is 0.731. The number of carbonyl (C=O) groups excluding carboxylic acids is 6. The lowest BCUT2D eigenvalue weighted by Crippen LogP contribution is -2.51. The molecule has 4 heterocycles. The summed E-state index contributed by atoms with van der Waals surface area (Å²) in [5.41, 5.74) is 0. The number of fused-ring (bicyclic) bond motifs is 4. The van der Waals surface area contributed by atoms with E-state index in [1.165, 1.54) is 9.80 Å². The third-order valence-electron chi connectivity index (χ3n) is 7.35. The van der Waals surface area contributed by atoms with E-state index in [-0.39, 0.29) is 56.2 Å². The summed E-state index contributed by atoms with van der Waals surface area (Å²) in [5.74, 6) is -1.08. The molecule has 0 aromatic carbocycles. The van der Waals surface area contributed by atoms with Crippen LogP contribution in [-0.2, 0) is 33.9 Å². The Kier molecular flexibility index (Phi) is 11.6. The highest BCUT2D eigenvalue weighted by atomic mass is 32.3. The number of urea groups is 2. The molecule has 4 fully saturated rings. The van der Waals surface area contributed by atoms with Crippen molar-refractivity contribution in [2.45, 2.75) is 49.9 Å². The fourth-order valence-electron chi connectivity index (χ4n) is 5.45. The molecule has 0 saturated carbocycles. The standard InChI is InChI=1S/C12H20N4O7S.C12H20N4O4/c1-14(2)7-9(17)5-13-11(18)10-4-3-8-6-15(10)12(19)16(8)23-24(20,21)22;1-14(2)7-9(17)5-13-11(18)10-4-3-8-6-15(10)12(19)16(8)20/h8,10H,3-7H2,1-2H3,(H,13,18)(H,20,21,22);8,10,20H,3-7H2,1-2H3,(H,13,18)/t2*8-,10+/m11/s1. The fourth-order valence-corrected chi connectivity index (χ4v) is 5.84. The van der Waals surface area contributed by atoms with Crippen LogP contribution in [-0.4, -0.2) is 175 Å². The van der Waals surface area contributed by atoms with E-state index in [4.69, 9.17) is 4.55 Å². The smallest absolute Gasteiger partial charge is 0.347 e. The predicted molar refractivity (Wildman–Crippen MR) is 149 cm³/mol. The number of hydrogen-bond donors (Lipinski definition) is 4. The molecule has 4 rings (SSSR count). The van der Waals surface area contributed by atoms with Gasteiger partial charge in [-0.05, 0) is 53.9 Å². The topological polar surface area (TPSA) is 230 Å². The van der Waals surface area contributed by atoms with Gasteiger partial charge in [0, 0.05) is 13.1 Å². The minimum absolute atomic E-state index is 0.0399. The van der Waals surface area contributed by atoms with Gasteiger partial charge < -0.3 is 30.2 Å². The number of nitrogens with one attached hydrogen (secondary N) is 2. The Morgan fingerprint density at radius 2 is 1.23 bits per heavy atom. The zero-order valence-electron chi connectivity index (χ0n) is 25.0. The molecule has 4 bridgehead atoms. The minimum Gasteiger partial charge on any atom is -0.347 e. The van der Waals surface area contributed by atoms with Gasteiger partial charge in [-0.2, -0.15) is 13.5 Å². The average molecular weight is 649 g/mol. The van der Waals surface area contributed by atoms with Crippen molar-refractivity contribution < 1.29 is 51.2 Å². The molecule has 4 aliphatic heterocycles. The summed E-state index contributed by atoms with van der Waals surface area (Å²) in [5, 5.41) is 15.9. The molecular formula is C24H40N8O11S. The van der Waals surface area contributed by atoms with Gasteiger partial charge in [0.05, 0.1) is 38.3 Å². The van der Waals surface area contributed by atoms with Crippen LogP contribution >= 0.6 is 0 Å². The number of nitrogens with zero attached hydrogens (tertiary/aromatic N) is 6. The Labute approximate surface area is 254 Å². The third kappa shape index (κ3) is 9.05. The van der Waals surface area contributed by atoms with Crippen molar-refractivity contribution in [1.82, 2.24) is 40.4 Å². The van der Waals surface area contributed by atoms with E-state index in [0.29, 0.717) is 42.4 Å². The second kappa shape index (κ2) is 14.6. The lowest BCUT2D eigenvalue weighted by atomic mass is 10.0. The molecule has 0 aromatic heterocycles. The van der Waals surface area contributed by atoms with Crippen molar-refractivity contribution in [3.63, 3.8) is 0 Å². The maximum atomic E-state index is 12.2. The molecule has 20 heteroatoms. The molecule has 0 aliphatic carbocycles. The van der Waals surface area contributed by atoms with E-state index in [9.17, 15) is 42.4 Å². The molecule has 0 spiro atoms. The Hall–Kier alpha value is -3.43.